The number of phenolic OH excluding ortho intramolecular Hbond substituents is 1. The number of likely N-dealkylation sites (tertiary alicyclic amines) is 1. The Bertz CT molecular complexity index is 1650. The van der Waals surface area contributed by atoms with E-state index in [2.05, 4.69) is 15.2 Å². The lowest BCUT2D eigenvalue weighted by molar-refractivity contribution is -0.191. The highest BCUT2D eigenvalue weighted by Gasteiger charge is 2.73. The number of rotatable bonds is 4. The molecule has 8 nitrogen and oxygen atoms in total. The first-order valence-corrected chi connectivity index (χ1v) is 15.3. The first kappa shape index (κ1) is 27.5. The molecule has 0 unspecified atom stereocenters. The van der Waals surface area contributed by atoms with Gasteiger partial charge in [-0.1, -0.05) is 41.9 Å². The Morgan fingerprint density at radius 2 is 1.95 bits per heavy atom. The molecule has 1 amide bonds. The number of carbonyl (C=O) groups is 1. The topological polar surface area (TPSA) is 119 Å². The average Bonchev–Trinajstić information content (AvgIpc) is 3.72. The molecule has 9 heteroatoms. The standard InChI is InChI=1S/C31H32ClN3O4.C2H3N/c1-16-19-4-2-3-5-20(19)28(32)34-25(16)29(37)33-21-10-11-31(38)23-14-18-8-9-22(36)26-24(18)30(31,27(21)39-26)12-13-35(23)15-17-6-7-17;1-2-3/h2-5,8-9,17,21,23,27,36,38H,6-7,10-15H2,1H3,(H,33,37);1H3/t21-,23+,27-,30-,31+;/m0./s1. The molecule has 3 fully saturated rings. The Balaban J connectivity index is 0.000000923. The van der Waals surface area contributed by atoms with E-state index in [0.717, 1.165) is 59.3 Å². The predicted molar refractivity (Wildman–Crippen MR) is 159 cm³/mol. The van der Waals surface area contributed by atoms with Crippen molar-refractivity contribution in [1.82, 2.24) is 15.2 Å². The molecule has 2 aliphatic heterocycles. The number of nitrogens with one attached hydrogen (secondary N) is 1. The summed E-state index contributed by atoms with van der Waals surface area (Å²) in [5, 5.41) is 36.1. The smallest absolute Gasteiger partial charge is 0.270 e. The van der Waals surface area contributed by atoms with Crippen molar-refractivity contribution in [2.45, 2.75) is 81.6 Å². The van der Waals surface area contributed by atoms with Crippen molar-refractivity contribution >= 4 is 28.3 Å². The molecule has 3 aromatic rings. The summed E-state index contributed by atoms with van der Waals surface area (Å²) < 4.78 is 6.59. The highest BCUT2D eigenvalue weighted by atomic mass is 35.5. The van der Waals surface area contributed by atoms with Crippen LogP contribution >= 0.6 is 11.6 Å². The van der Waals surface area contributed by atoms with Gasteiger partial charge in [-0.05, 0) is 80.5 Å². The van der Waals surface area contributed by atoms with Gasteiger partial charge >= 0.3 is 0 Å². The maximum atomic E-state index is 13.7. The lowest BCUT2D eigenvalue weighted by Crippen LogP contribution is -2.78. The fraction of sp³-hybridized carbons (Fsp3) is 0.485. The number of pyridine rings is 1. The van der Waals surface area contributed by atoms with Gasteiger partial charge in [-0.2, -0.15) is 5.26 Å². The van der Waals surface area contributed by atoms with Gasteiger partial charge < -0.3 is 20.3 Å². The number of amides is 1. The van der Waals surface area contributed by atoms with Gasteiger partial charge in [0.15, 0.2) is 11.5 Å². The number of carbonyl (C=O) groups excluding carboxylic acids is 1. The molecule has 8 rings (SSSR count). The molecule has 0 radical (unpaired) electrons. The molecule has 5 aliphatic rings. The van der Waals surface area contributed by atoms with Crippen molar-refractivity contribution in [3.05, 3.63) is 63.9 Å². The van der Waals surface area contributed by atoms with Crippen molar-refractivity contribution in [2.75, 3.05) is 13.1 Å². The number of phenols is 1. The van der Waals surface area contributed by atoms with Crippen molar-refractivity contribution < 1.29 is 19.7 Å². The van der Waals surface area contributed by atoms with Crippen molar-refractivity contribution in [3.8, 4) is 17.6 Å². The van der Waals surface area contributed by atoms with E-state index in [0.29, 0.717) is 29.4 Å². The number of hydrogen-bond donors (Lipinski definition) is 3. The number of halogens is 1. The zero-order valence-corrected chi connectivity index (χ0v) is 24.6. The lowest BCUT2D eigenvalue weighted by Gasteiger charge is -2.64. The van der Waals surface area contributed by atoms with Gasteiger partial charge in [-0.25, -0.2) is 4.98 Å². The van der Waals surface area contributed by atoms with Gasteiger partial charge in [0, 0.05) is 30.5 Å². The molecule has 2 saturated carbocycles. The third-order valence-electron chi connectivity index (χ3n) is 10.4. The molecule has 42 heavy (non-hydrogen) atoms. The Morgan fingerprint density at radius 1 is 1.21 bits per heavy atom. The fourth-order valence-corrected chi connectivity index (χ4v) is 8.70. The van der Waals surface area contributed by atoms with E-state index in [1.165, 1.54) is 19.8 Å². The molecule has 3 aliphatic carbocycles. The van der Waals surface area contributed by atoms with Crippen LogP contribution in [-0.4, -0.2) is 62.9 Å². The van der Waals surface area contributed by atoms with Crippen molar-refractivity contribution in [1.29, 1.82) is 5.26 Å². The van der Waals surface area contributed by atoms with Crippen LogP contribution in [0.15, 0.2) is 36.4 Å². The van der Waals surface area contributed by atoms with Crippen molar-refractivity contribution in [2.24, 2.45) is 5.92 Å². The number of aliphatic hydroxyl groups is 1. The molecule has 1 aromatic heterocycles. The van der Waals surface area contributed by atoms with Gasteiger partial charge in [0.25, 0.3) is 5.91 Å². The number of hydrogen-bond acceptors (Lipinski definition) is 7. The molecular formula is C33H35ClN4O4. The third kappa shape index (κ3) is 3.80. The highest BCUT2D eigenvalue weighted by molar-refractivity contribution is 6.34. The van der Waals surface area contributed by atoms with Crippen LogP contribution < -0.4 is 10.1 Å². The quantitative estimate of drug-likeness (QED) is 0.376. The molecule has 5 atom stereocenters. The Hall–Kier alpha value is -3.38. The van der Waals surface area contributed by atoms with E-state index in [-0.39, 0.29) is 23.7 Å². The van der Waals surface area contributed by atoms with Crippen LogP contribution in [0.5, 0.6) is 11.5 Å². The summed E-state index contributed by atoms with van der Waals surface area (Å²) in [6.07, 6.45) is 4.67. The number of fused-ring (bicyclic) bond motifs is 1. The normalized spacial score (nSPS) is 30.4. The van der Waals surface area contributed by atoms with E-state index in [1.807, 2.05) is 37.3 Å². The van der Waals surface area contributed by atoms with Crippen LogP contribution in [0.25, 0.3) is 10.8 Å². The second-order valence-corrected chi connectivity index (χ2v) is 12.9. The van der Waals surface area contributed by atoms with Crippen LogP contribution in [0.2, 0.25) is 5.15 Å². The summed E-state index contributed by atoms with van der Waals surface area (Å²) in [6, 6.07) is 12.8. The molecular weight excluding hydrogens is 552 g/mol. The minimum Gasteiger partial charge on any atom is -0.504 e. The van der Waals surface area contributed by atoms with Gasteiger partial charge in [-0.15, -0.1) is 0 Å². The third-order valence-corrected chi connectivity index (χ3v) is 10.7. The van der Waals surface area contributed by atoms with Crippen LogP contribution in [0.1, 0.15) is 66.2 Å². The molecule has 3 N–H and O–H groups in total. The molecule has 2 bridgehead atoms. The number of aromatic nitrogens is 1. The first-order chi connectivity index (χ1) is 20.2. The minimum absolute atomic E-state index is 0.000741. The molecule has 1 spiro atoms. The Morgan fingerprint density at radius 3 is 2.69 bits per heavy atom. The van der Waals surface area contributed by atoms with Crippen LogP contribution in [-0.2, 0) is 11.8 Å². The zero-order chi connectivity index (χ0) is 29.4. The Labute approximate surface area is 250 Å². The van der Waals surface area contributed by atoms with E-state index >= 15 is 0 Å². The summed E-state index contributed by atoms with van der Waals surface area (Å²) in [6.45, 7) is 5.23. The molecule has 2 aromatic carbocycles. The SMILES string of the molecule is CC#N.Cc1c(C(=O)N[C@H]2CC[C@@]3(O)[C@H]4Cc5ccc(O)c6c5[C@@]3(CCN4CC3CC3)[C@H]2O6)nc(Cl)c2ccccc12. The van der Waals surface area contributed by atoms with E-state index in [4.69, 9.17) is 21.6 Å². The second kappa shape index (κ2) is 9.84. The number of nitriles is 1. The number of ether oxygens (including phenoxy) is 1. The minimum atomic E-state index is -0.988. The lowest BCUT2D eigenvalue weighted by atomic mass is 9.48. The van der Waals surface area contributed by atoms with Crippen LogP contribution in [0.3, 0.4) is 0 Å². The van der Waals surface area contributed by atoms with Gasteiger partial charge in [-0.3, -0.25) is 9.69 Å². The zero-order valence-electron chi connectivity index (χ0n) is 23.9. The fourth-order valence-electron chi connectivity index (χ4n) is 8.45. The second-order valence-electron chi connectivity index (χ2n) is 12.6. The number of nitrogens with zero attached hydrogens (tertiary/aromatic N) is 3. The van der Waals surface area contributed by atoms with E-state index in [1.54, 1.807) is 12.1 Å². The van der Waals surface area contributed by atoms with Gasteiger partial charge in [0.05, 0.1) is 23.1 Å². The monoisotopic (exact) mass is 586 g/mol. The van der Waals surface area contributed by atoms with Gasteiger partial charge in [0.2, 0.25) is 0 Å². The van der Waals surface area contributed by atoms with E-state index < -0.39 is 17.1 Å². The number of piperidine rings is 1. The molecule has 218 valence electrons. The summed E-state index contributed by atoms with van der Waals surface area (Å²) in [5.41, 5.74) is 1.51. The number of aromatic hydroxyl groups is 1. The van der Waals surface area contributed by atoms with Crippen LogP contribution in [0.4, 0.5) is 0 Å². The molecule has 1 saturated heterocycles. The molecule has 3 heterocycles. The summed E-state index contributed by atoms with van der Waals surface area (Å²) in [7, 11) is 0. The number of aryl methyl sites for hydroxylation is 1. The van der Waals surface area contributed by atoms with E-state index in [9.17, 15) is 15.0 Å². The summed E-state index contributed by atoms with van der Waals surface area (Å²) in [5.74, 6) is 1.02. The largest absolute Gasteiger partial charge is 0.504 e. The highest BCUT2D eigenvalue weighted by Crippen LogP contribution is 2.65. The maximum Gasteiger partial charge on any atom is 0.270 e. The van der Waals surface area contributed by atoms with Gasteiger partial charge in [0.1, 0.15) is 17.0 Å². The first-order valence-electron chi connectivity index (χ1n) is 14.9. The number of benzene rings is 2. The average molecular weight is 587 g/mol. The van der Waals surface area contributed by atoms with Crippen LogP contribution in [0, 0.1) is 24.2 Å². The maximum absolute atomic E-state index is 13.7. The van der Waals surface area contributed by atoms with Crippen molar-refractivity contribution in [3.63, 3.8) is 0 Å². The Kier molecular flexibility index (Phi) is 6.43. The predicted octanol–water partition coefficient (Wildman–Crippen LogP) is 4.79. The summed E-state index contributed by atoms with van der Waals surface area (Å²) in [4.78, 5) is 20.7. The summed E-state index contributed by atoms with van der Waals surface area (Å²) >= 11 is 6.49.